The summed E-state index contributed by atoms with van der Waals surface area (Å²) in [5.74, 6) is 0.180. The lowest BCUT2D eigenvalue weighted by Crippen LogP contribution is -1.99. The normalized spacial score (nSPS) is 11.2. The van der Waals surface area contributed by atoms with Crippen LogP contribution in [0.3, 0.4) is 0 Å². The van der Waals surface area contributed by atoms with Gasteiger partial charge in [0, 0.05) is 21.8 Å². The van der Waals surface area contributed by atoms with Crippen LogP contribution < -0.4 is 0 Å². The molecule has 0 unspecified atom stereocenters. The quantitative estimate of drug-likeness (QED) is 0.665. The highest BCUT2D eigenvalue weighted by atomic mass is 16.3. The van der Waals surface area contributed by atoms with E-state index in [0.717, 1.165) is 11.0 Å². The molecular weight excluding hydrogens is 222 g/mol. The average Bonchev–Trinajstić information content (AvgIpc) is 2.63. The first-order valence-corrected chi connectivity index (χ1v) is 6.01. The summed E-state index contributed by atoms with van der Waals surface area (Å²) in [7, 11) is 0. The number of para-hydroxylation sites is 1. The highest BCUT2D eigenvalue weighted by Crippen LogP contribution is 2.29. The van der Waals surface area contributed by atoms with Crippen molar-refractivity contribution in [2.45, 2.75) is 13.5 Å². The van der Waals surface area contributed by atoms with Gasteiger partial charge >= 0.3 is 0 Å². The third kappa shape index (κ3) is 1.58. The zero-order valence-electron chi connectivity index (χ0n) is 10.4. The number of aromatic nitrogens is 1. The molecule has 0 spiro atoms. The lowest BCUT2D eigenvalue weighted by molar-refractivity contribution is 0.383. The van der Waals surface area contributed by atoms with Crippen LogP contribution in [0.2, 0.25) is 0 Å². The number of allylic oxidation sites excluding steroid dienone is 1. The maximum Gasteiger partial charge on any atom is 0.105 e. The van der Waals surface area contributed by atoms with E-state index >= 15 is 0 Å². The van der Waals surface area contributed by atoms with E-state index in [2.05, 4.69) is 48.4 Å². The molecule has 3 aromatic rings. The minimum atomic E-state index is 0.180. The predicted molar refractivity (Wildman–Crippen MR) is 75.9 cm³/mol. The van der Waals surface area contributed by atoms with Crippen molar-refractivity contribution in [1.82, 2.24) is 4.57 Å². The fourth-order valence-corrected chi connectivity index (χ4v) is 2.51. The third-order valence-corrected chi connectivity index (χ3v) is 3.27. The molecule has 18 heavy (non-hydrogen) atoms. The Morgan fingerprint density at radius 2 is 1.83 bits per heavy atom. The topological polar surface area (TPSA) is 25.2 Å². The fourth-order valence-electron chi connectivity index (χ4n) is 2.51. The van der Waals surface area contributed by atoms with Crippen LogP contribution >= 0.6 is 0 Å². The van der Waals surface area contributed by atoms with Crippen LogP contribution in [-0.4, -0.2) is 9.67 Å². The zero-order valence-corrected chi connectivity index (χ0v) is 10.4. The Labute approximate surface area is 106 Å². The number of rotatable bonds is 2. The number of hydrogen-bond donors (Lipinski definition) is 1. The Hall–Kier alpha value is -2.22. The van der Waals surface area contributed by atoms with Crippen LogP contribution in [0, 0.1) is 6.92 Å². The number of benzene rings is 2. The summed E-state index contributed by atoms with van der Waals surface area (Å²) in [5, 5.41) is 11.9. The van der Waals surface area contributed by atoms with Gasteiger partial charge in [-0.25, -0.2) is 0 Å². The number of aliphatic hydroxyl groups is 1. The van der Waals surface area contributed by atoms with Gasteiger partial charge in [0.25, 0.3) is 0 Å². The second-order valence-corrected chi connectivity index (χ2v) is 4.69. The number of aryl methyl sites for hydroxylation is 1. The second-order valence-electron chi connectivity index (χ2n) is 4.69. The summed E-state index contributed by atoms with van der Waals surface area (Å²) in [6.45, 7) is 6.12. The van der Waals surface area contributed by atoms with E-state index in [1.807, 2.05) is 12.1 Å². The van der Waals surface area contributed by atoms with Gasteiger partial charge in [-0.2, -0.15) is 0 Å². The van der Waals surface area contributed by atoms with Crippen molar-refractivity contribution in [2.24, 2.45) is 0 Å². The average molecular weight is 237 g/mol. The van der Waals surface area contributed by atoms with Crippen molar-refractivity contribution in [3.8, 4) is 0 Å². The molecule has 2 nitrogen and oxygen atoms in total. The van der Waals surface area contributed by atoms with Gasteiger partial charge in [-0.3, -0.25) is 0 Å². The molecule has 0 aliphatic carbocycles. The van der Waals surface area contributed by atoms with E-state index in [4.69, 9.17) is 0 Å². The second kappa shape index (κ2) is 3.91. The minimum Gasteiger partial charge on any atom is -0.511 e. The standard InChI is InChI=1S/C16H15NO/c1-11-7-8-14-13-5-3-4-6-15(13)17(10-12(2)18)16(14)9-11/h3-9,18H,2,10H2,1H3. The van der Waals surface area contributed by atoms with E-state index in [0.29, 0.717) is 6.54 Å². The van der Waals surface area contributed by atoms with E-state index in [1.54, 1.807) is 0 Å². The molecule has 1 N–H and O–H groups in total. The fraction of sp³-hybridized carbons (Fsp3) is 0.125. The van der Waals surface area contributed by atoms with Crippen molar-refractivity contribution in [3.63, 3.8) is 0 Å². The van der Waals surface area contributed by atoms with Crippen molar-refractivity contribution >= 4 is 21.8 Å². The molecule has 2 heteroatoms. The van der Waals surface area contributed by atoms with E-state index in [-0.39, 0.29) is 5.76 Å². The molecule has 2 aromatic carbocycles. The number of hydrogen-bond acceptors (Lipinski definition) is 1. The van der Waals surface area contributed by atoms with Crippen LogP contribution in [0.1, 0.15) is 5.56 Å². The minimum absolute atomic E-state index is 0.180. The summed E-state index contributed by atoms with van der Waals surface area (Å²) in [4.78, 5) is 0. The van der Waals surface area contributed by atoms with Gasteiger partial charge in [0.15, 0.2) is 0 Å². The van der Waals surface area contributed by atoms with E-state index in [9.17, 15) is 5.11 Å². The molecule has 90 valence electrons. The number of fused-ring (bicyclic) bond motifs is 3. The van der Waals surface area contributed by atoms with Crippen LogP contribution in [0.15, 0.2) is 54.8 Å². The van der Waals surface area contributed by atoms with Crippen molar-refractivity contribution in [3.05, 3.63) is 60.4 Å². The molecule has 0 atom stereocenters. The smallest absolute Gasteiger partial charge is 0.105 e. The summed E-state index contributed by atoms with van der Waals surface area (Å²) >= 11 is 0. The molecule has 0 aliphatic rings. The monoisotopic (exact) mass is 237 g/mol. The Bertz CT molecular complexity index is 752. The lowest BCUT2D eigenvalue weighted by atomic mass is 10.1. The third-order valence-electron chi connectivity index (χ3n) is 3.27. The molecule has 0 radical (unpaired) electrons. The van der Waals surface area contributed by atoms with Gasteiger partial charge in [0.2, 0.25) is 0 Å². The Morgan fingerprint density at radius 3 is 2.61 bits per heavy atom. The molecular formula is C16H15NO. The van der Waals surface area contributed by atoms with Crippen LogP contribution in [0.5, 0.6) is 0 Å². The maximum absolute atomic E-state index is 9.50. The molecule has 0 saturated carbocycles. The van der Waals surface area contributed by atoms with Gasteiger partial charge in [0.1, 0.15) is 5.76 Å². The van der Waals surface area contributed by atoms with E-state index in [1.165, 1.54) is 16.3 Å². The Morgan fingerprint density at radius 1 is 1.11 bits per heavy atom. The van der Waals surface area contributed by atoms with Crippen LogP contribution in [0.25, 0.3) is 21.8 Å². The van der Waals surface area contributed by atoms with E-state index < -0.39 is 0 Å². The predicted octanol–water partition coefficient (Wildman–Crippen LogP) is 4.17. The van der Waals surface area contributed by atoms with Gasteiger partial charge < -0.3 is 9.67 Å². The summed E-state index contributed by atoms with van der Waals surface area (Å²) in [6.07, 6.45) is 0. The zero-order chi connectivity index (χ0) is 12.7. The first kappa shape index (κ1) is 10.9. The SMILES string of the molecule is C=C(O)Cn1c2ccccc2c2ccc(C)cc21. The summed E-state index contributed by atoms with van der Waals surface area (Å²) in [5.41, 5.74) is 3.50. The highest BCUT2D eigenvalue weighted by Gasteiger charge is 2.10. The molecule has 1 heterocycles. The van der Waals surface area contributed by atoms with Gasteiger partial charge in [0.05, 0.1) is 6.54 Å². The van der Waals surface area contributed by atoms with Gasteiger partial charge in [-0.1, -0.05) is 36.9 Å². The van der Waals surface area contributed by atoms with Crippen molar-refractivity contribution in [1.29, 1.82) is 0 Å². The molecule has 0 fully saturated rings. The van der Waals surface area contributed by atoms with Gasteiger partial charge in [-0.05, 0) is 24.6 Å². The molecule has 3 rings (SSSR count). The summed E-state index contributed by atoms with van der Waals surface area (Å²) in [6, 6.07) is 14.7. The number of nitrogens with zero attached hydrogens (tertiary/aromatic N) is 1. The molecule has 0 bridgehead atoms. The molecule has 0 aliphatic heterocycles. The highest BCUT2D eigenvalue weighted by molar-refractivity contribution is 6.08. The van der Waals surface area contributed by atoms with Crippen LogP contribution in [0.4, 0.5) is 0 Å². The van der Waals surface area contributed by atoms with Crippen LogP contribution in [-0.2, 0) is 6.54 Å². The molecule has 1 aromatic heterocycles. The summed E-state index contributed by atoms with van der Waals surface area (Å²) < 4.78 is 2.11. The lowest BCUT2D eigenvalue weighted by Gasteiger charge is -2.06. The molecule has 0 amide bonds. The first-order chi connectivity index (χ1) is 8.66. The van der Waals surface area contributed by atoms with Crippen molar-refractivity contribution in [2.75, 3.05) is 0 Å². The van der Waals surface area contributed by atoms with Gasteiger partial charge in [-0.15, -0.1) is 0 Å². The first-order valence-electron chi connectivity index (χ1n) is 6.01. The molecule has 0 saturated heterocycles. The maximum atomic E-state index is 9.50. The Balaban J connectivity index is 2.46. The number of aliphatic hydroxyl groups excluding tert-OH is 1. The Kier molecular flexibility index (Phi) is 2.37. The van der Waals surface area contributed by atoms with Crippen molar-refractivity contribution < 1.29 is 5.11 Å². The largest absolute Gasteiger partial charge is 0.511 e.